The molecule has 0 saturated carbocycles. The summed E-state index contributed by atoms with van der Waals surface area (Å²) in [4.78, 5) is 3.17. The Morgan fingerprint density at radius 3 is 2.06 bits per heavy atom. The molecule has 0 amide bonds. The fraction of sp³-hybridized carbons (Fsp3) is 0.125. The van der Waals surface area contributed by atoms with Crippen LogP contribution in [0.15, 0.2) is 77.2 Å². The van der Waals surface area contributed by atoms with E-state index in [-0.39, 0.29) is 0 Å². The Bertz CT molecular complexity index is 1350. The molecule has 1 heterocycles. The van der Waals surface area contributed by atoms with Crippen molar-refractivity contribution in [1.82, 2.24) is 0 Å². The minimum absolute atomic E-state index is 0.367. The van der Waals surface area contributed by atoms with E-state index < -0.39 is 19.0 Å². The molecule has 0 fully saturated rings. The highest BCUT2D eigenvalue weighted by Crippen LogP contribution is 2.30. The average Bonchev–Trinajstić information content (AvgIpc) is 2.72. The van der Waals surface area contributed by atoms with Crippen LogP contribution in [0.1, 0.15) is 16.7 Å². The first-order chi connectivity index (χ1) is 15.8. The molecule has 0 bridgehead atoms. The zero-order valence-electron chi connectivity index (χ0n) is 18.1. The van der Waals surface area contributed by atoms with Crippen LogP contribution in [0.3, 0.4) is 0 Å². The molecule has 10 heteroatoms. The molecule has 3 aromatic carbocycles. The number of hydrogen-bond donors (Lipinski definition) is 1. The van der Waals surface area contributed by atoms with Gasteiger partial charge < -0.3 is 21.7 Å². The number of alkyl halides is 3. The minimum atomic E-state index is -6.00. The van der Waals surface area contributed by atoms with E-state index in [1.807, 2.05) is 62.4 Å². The van der Waals surface area contributed by atoms with E-state index >= 15 is 0 Å². The first kappa shape index (κ1) is 25.1. The van der Waals surface area contributed by atoms with Gasteiger partial charge in [0.05, 0.1) is 17.0 Å². The van der Waals surface area contributed by atoms with Gasteiger partial charge in [-0.15, -0.1) is 0 Å². The topological polar surface area (TPSA) is 27.1 Å². The van der Waals surface area contributed by atoms with Gasteiger partial charge in [0.2, 0.25) is 11.0 Å². The van der Waals surface area contributed by atoms with E-state index in [0.29, 0.717) is 22.4 Å². The molecular formula is C24H19BF7NO. The van der Waals surface area contributed by atoms with E-state index in [9.17, 15) is 30.4 Å². The van der Waals surface area contributed by atoms with Gasteiger partial charge in [-0.3, -0.25) is 0 Å². The maximum atomic E-state index is 13.1. The summed E-state index contributed by atoms with van der Waals surface area (Å²) in [6.45, 7) is 3.95. The second kappa shape index (κ2) is 9.74. The van der Waals surface area contributed by atoms with Crippen molar-refractivity contribution in [2.45, 2.75) is 20.0 Å². The Kier molecular flexibility index (Phi) is 7.19. The second-order valence-corrected chi connectivity index (χ2v) is 7.54. The monoisotopic (exact) mass is 481 g/mol. The Morgan fingerprint density at radius 1 is 0.794 bits per heavy atom. The van der Waals surface area contributed by atoms with Crippen molar-refractivity contribution in [3.05, 3.63) is 94.8 Å². The van der Waals surface area contributed by atoms with Crippen LogP contribution in [0.4, 0.5) is 36.1 Å². The summed E-state index contributed by atoms with van der Waals surface area (Å²) in [5.74, 6) is 0.637. The van der Waals surface area contributed by atoms with Crippen molar-refractivity contribution in [1.29, 1.82) is 0 Å². The molecule has 4 rings (SSSR count). The van der Waals surface area contributed by atoms with Gasteiger partial charge >= 0.3 is 13.4 Å². The Hall–Kier alpha value is -3.56. The highest BCUT2D eigenvalue weighted by Gasteiger charge is 2.31. The maximum absolute atomic E-state index is 13.1. The molecule has 4 aromatic rings. The van der Waals surface area contributed by atoms with Crippen LogP contribution >= 0.6 is 0 Å². The molecule has 0 aliphatic rings. The Balaban J connectivity index is 0.000000588. The van der Waals surface area contributed by atoms with Gasteiger partial charge in [0.15, 0.2) is 0 Å². The van der Waals surface area contributed by atoms with E-state index in [0.717, 1.165) is 34.2 Å². The van der Waals surface area contributed by atoms with Crippen LogP contribution in [0.2, 0.25) is 0 Å². The molecule has 34 heavy (non-hydrogen) atoms. The number of benzene rings is 3. The van der Waals surface area contributed by atoms with Crippen molar-refractivity contribution in [3.63, 3.8) is 0 Å². The Labute approximate surface area is 190 Å². The fourth-order valence-corrected chi connectivity index (χ4v) is 3.48. The van der Waals surface area contributed by atoms with E-state index in [2.05, 4.69) is 4.99 Å². The van der Waals surface area contributed by atoms with Crippen LogP contribution in [0, 0.1) is 13.8 Å². The average molecular weight is 481 g/mol. The predicted octanol–water partition coefficient (Wildman–Crippen LogP) is 6.35. The summed E-state index contributed by atoms with van der Waals surface area (Å²) < 4.78 is 84.5. The van der Waals surface area contributed by atoms with Gasteiger partial charge in [0, 0.05) is 17.7 Å². The van der Waals surface area contributed by atoms with Crippen LogP contribution < -0.4 is 10.3 Å². The number of nitrogens with one attached hydrogen (secondary N) is 1. The number of fused-ring (bicyclic) bond motifs is 1. The first-order valence-corrected chi connectivity index (χ1v) is 10.1. The number of halogens is 7. The minimum Gasteiger partial charge on any atom is -0.456 e. The van der Waals surface area contributed by atoms with Gasteiger partial charge in [0.1, 0.15) is 11.3 Å². The van der Waals surface area contributed by atoms with Crippen molar-refractivity contribution < 1.29 is 39.8 Å². The lowest BCUT2D eigenvalue weighted by Gasteiger charge is -2.07. The summed E-state index contributed by atoms with van der Waals surface area (Å²) in [6.07, 6.45) is -4.39. The van der Waals surface area contributed by atoms with E-state index in [1.54, 1.807) is 6.07 Å². The van der Waals surface area contributed by atoms with Crippen molar-refractivity contribution in [2.24, 2.45) is 0 Å². The molecule has 0 aliphatic heterocycles. The number of hydrogen-bond acceptors (Lipinski definition) is 1. The molecular weight excluding hydrogens is 462 g/mol. The number of rotatable bonds is 2. The van der Waals surface area contributed by atoms with Crippen LogP contribution in [0.25, 0.3) is 22.3 Å². The summed E-state index contributed by atoms with van der Waals surface area (Å²) >= 11 is 0. The van der Waals surface area contributed by atoms with Gasteiger partial charge in [-0.1, -0.05) is 42.5 Å². The van der Waals surface area contributed by atoms with Crippen molar-refractivity contribution in [3.8, 4) is 11.3 Å². The fourth-order valence-electron chi connectivity index (χ4n) is 3.48. The second-order valence-electron chi connectivity index (χ2n) is 7.54. The molecule has 1 aromatic heterocycles. The maximum Gasteiger partial charge on any atom is 0.673 e. The smallest absolute Gasteiger partial charge is 0.456 e. The third-order valence-corrected chi connectivity index (χ3v) is 4.74. The molecule has 0 unspecified atom stereocenters. The normalized spacial score (nSPS) is 12.4. The molecule has 2 nitrogen and oxygen atoms in total. The number of aryl methyl sites for hydroxylation is 2. The molecule has 0 saturated heterocycles. The lowest BCUT2D eigenvalue weighted by molar-refractivity contribution is -0.401. The van der Waals surface area contributed by atoms with Crippen LogP contribution in [-0.2, 0) is 6.18 Å². The van der Waals surface area contributed by atoms with E-state index in [1.165, 1.54) is 6.07 Å². The molecule has 0 atom stereocenters. The predicted molar refractivity (Wildman–Crippen MR) is 117 cm³/mol. The van der Waals surface area contributed by atoms with Gasteiger partial charge in [-0.2, -0.15) is 13.2 Å². The largest absolute Gasteiger partial charge is 0.673 e. The third-order valence-electron chi connectivity index (χ3n) is 4.74. The Morgan fingerprint density at radius 2 is 1.44 bits per heavy atom. The molecule has 178 valence electrons. The summed E-state index contributed by atoms with van der Waals surface area (Å²) in [7, 11) is -6.00. The first-order valence-electron chi connectivity index (χ1n) is 10.1. The molecule has 0 radical (unpaired) electrons. The SMILES string of the molecule is Cc1cc(C)c2c(=[NH+]c3cccc(C(F)(F)F)c3)cc(-c3ccccc3)oc2c1.F[B-](F)(F)F. The van der Waals surface area contributed by atoms with Gasteiger partial charge in [-0.05, 0) is 37.1 Å². The standard InChI is InChI=1S/C24H18F3NO.BF4/c1-15-11-16(2)23-20(28-19-10-6-9-18(13-19)24(25,26)27)14-21(29-22(23)12-15)17-7-4-3-5-8-17;2-1(3,4)5/h3-14H,1-2H3;/q;-1/p+1. The van der Waals surface area contributed by atoms with E-state index in [4.69, 9.17) is 4.42 Å². The van der Waals surface area contributed by atoms with Crippen LogP contribution in [0.5, 0.6) is 0 Å². The highest BCUT2D eigenvalue weighted by molar-refractivity contribution is 6.50. The summed E-state index contributed by atoms with van der Waals surface area (Å²) in [6, 6.07) is 20.6. The lowest BCUT2D eigenvalue weighted by Crippen LogP contribution is -2.70. The highest BCUT2D eigenvalue weighted by atomic mass is 19.5. The third kappa shape index (κ3) is 6.72. The van der Waals surface area contributed by atoms with Crippen molar-refractivity contribution in [2.75, 3.05) is 0 Å². The zero-order valence-corrected chi connectivity index (χ0v) is 18.1. The van der Waals surface area contributed by atoms with Gasteiger partial charge in [-0.25, -0.2) is 4.99 Å². The molecule has 0 aliphatic carbocycles. The lowest BCUT2D eigenvalue weighted by atomic mass is 10.0. The van der Waals surface area contributed by atoms with Crippen molar-refractivity contribution >= 4 is 23.9 Å². The van der Waals surface area contributed by atoms with Crippen LogP contribution in [-0.4, -0.2) is 7.25 Å². The van der Waals surface area contributed by atoms with Gasteiger partial charge in [0.25, 0.3) is 0 Å². The quantitative estimate of drug-likeness (QED) is 0.262. The zero-order chi connectivity index (χ0) is 25.1. The summed E-state index contributed by atoms with van der Waals surface area (Å²) in [5, 5.41) is 1.54. The summed E-state index contributed by atoms with van der Waals surface area (Å²) in [5.41, 5.74) is 3.28. The molecule has 0 spiro atoms. The molecule has 1 N–H and O–H groups in total.